The van der Waals surface area contributed by atoms with Gasteiger partial charge in [-0.05, 0) is 29.3 Å². The lowest BCUT2D eigenvalue weighted by Gasteiger charge is -2.05. The summed E-state index contributed by atoms with van der Waals surface area (Å²) in [6, 6.07) is 16.0. The van der Waals surface area contributed by atoms with Crippen LogP contribution >= 0.6 is 23.4 Å². The van der Waals surface area contributed by atoms with Crippen molar-refractivity contribution in [1.29, 1.82) is 0 Å². The lowest BCUT2D eigenvalue weighted by atomic mass is 10.1. The Balaban J connectivity index is 1.95. The highest BCUT2D eigenvalue weighted by atomic mass is 35.5. The molecule has 0 heterocycles. The van der Waals surface area contributed by atoms with Crippen molar-refractivity contribution >= 4 is 23.4 Å². The third kappa shape index (κ3) is 4.61. The molecule has 1 nitrogen and oxygen atoms in total. The van der Waals surface area contributed by atoms with E-state index in [1.165, 1.54) is 11.1 Å². The van der Waals surface area contributed by atoms with Gasteiger partial charge in [-0.2, -0.15) is 11.8 Å². The maximum absolute atomic E-state index is 8.78. The van der Waals surface area contributed by atoms with Crippen molar-refractivity contribution in [2.45, 2.75) is 11.5 Å². The Kier molecular flexibility index (Phi) is 6.01. The molecule has 2 aromatic carbocycles. The van der Waals surface area contributed by atoms with E-state index in [9.17, 15) is 0 Å². The molecular weight excluding hydrogens is 288 g/mol. The molecule has 0 saturated heterocycles. The van der Waals surface area contributed by atoms with Gasteiger partial charge in [0, 0.05) is 22.1 Å². The normalized spacial score (nSPS) is 9.90. The highest BCUT2D eigenvalue weighted by molar-refractivity contribution is 7.97. The summed E-state index contributed by atoms with van der Waals surface area (Å²) in [6.07, 6.45) is 0. The molecule has 0 spiro atoms. The topological polar surface area (TPSA) is 20.2 Å². The Labute approximate surface area is 129 Å². The fourth-order valence-corrected chi connectivity index (χ4v) is 2.89. The van der Waals surface area contributed by atoms with Crippen molar-refractivity contribution in [1.82, 2.24) is 0 Å². The van der Waals surface area contributed by atoms with Crippen LogP contribution in [-0.4, -0.2) is 11.7 Å². The van der Waals surface area contributed by atoms with Gasteiger partial charge in [0.1, 0.15) is 6.61 Å². The van der Waals surface area contributed by atoms with Crippen LogP contribution in [0.4, 0.5) is 0 Å². The molecule has 0 radical (unpaired) electrons. The van der Waals surface area contributed by atoms with Gasteiger partial charge in [-0.1, -0.05) is 53.8 Å². The van der Waals surface area contributed by atoms with Crippen molar-refractivity contribution in [3.63, 3.8) is 0 Å². The highest BCUT2D eigenvalue weighted by Crippen LogP contribution is 2.21. The molecule has 0 aliphatic carbocycles. The summed E-state index contributed by atoms with van der Waals surface area (Å²) in [5.41, 5.74) is 3.45. The van der Waals surface area contributed by atoms with Gasteiger partial charge in [-0.15, -0.1) is 0 Å². The summed E-state index contributed by atoms with van der Waals surface area (Å²) >= 11 is 7.71. The molecule has 3 heteroatoms. The molecule has 0 aromatic heterocycles. The summed E-state index contributed by atoms with van der Waals surface area (Å²) < 4.78 is 0. The monoisotopic (exact) mass is 302 g/mol. The third-order valence-electron chi connectivity index (χ3n) is 2.76. The van der Waals surface area contributed by atoms with Crippen LogP contribution in [0.2, 0.25) is 5.02 Å². The molecule has 0 aliphatic rings. The molecule has 1 N–H and O–H groups in total. The number of thioether (sulfide) groups is 1. The van der Waals surface area contributed by atoms with Gasteiger partial charge in [0.05, 0.1) is 0 Å². The first-order valence-corrected chi connectivity index (χ1v) is 7.82. The van der Waals surface area contributed by atoms with Gasteiger partial charge >= 0.3 is 0 Å². The Hall–Kier alpha value is -1.40. The minimum atomic E-state index is -0.105. The predicted octanol–water partition coefficient (Wildman–Crippen LogP) is 4.12. The van der Waals surface area contributed by atoms with Crippen LogP contribution in [0.3, 0.4) is 0 Å². The highest BCUT2D eigenvalue weighted by Gasteiger charge is 2.00. The Morgan fingerprint density at radius 1 is 1.00 bits per heavy atom. The van der Waals surface area contributed by atoms with E-state index in [0.717, 1.165) is 22.1 Å². The number of rotatable bonds is 4. The maximum Gasteiger partial charge on any atom is 0.104 e. The summed E-state index contributed by atoms with van der Waals surface area (Å²) in [4.78, 5) is 0. The van der Waals surface area contributed by atoms with Crippen LogP contribution in [0.5, 0.6) is 0 Å². The molecule has 0 saturated carbocycles. The lowest BCUT2D eigenvalue weighted by molar-refractivity contribution is 0.350. The molecule has 102 valence electrons. The van der Waals surface area contributed by atoms with Crippen molar-refractivity contribution in [2.75, 3.05) is 6.61 Å². The fourth-order valence-electron chi connectivity index (χ4n) is 1.76. The van der Waals surface area contributed by atoms with E-state index in [4.69, 9.17) is 16.7 Å². The van der Waals surface area contributed by atoms with Crippen LogP contribution in [0, 0.1) is 11.8 Å². The van der Waals surface area contributed by atoms with Gasteiger partial charge in [-0.25, -0.2) is 0 Å². The van der Waals surface area contributed by atoms with Crippen molar-refractivity contribution in [3.8, 4) is 11.8 Å². The van der Waals surface area contributed by atoms with Crippen LogP contribution in [0.1, 0.15) is 16.7 Å². The second-order valence-electron chi connectivity index (χ2n) is 4.24. The van der Waals surface area contributed by atoms with E-state index in [-0.39, 0.29) is 6.61 Å². The molecule has 0 atom stereocenters. The molecule has 0 amide bonds. The summed E-state index contributed by atoms with van der Waals surface area (Å²) in [5.74, 6) is 7.53. The van der Waals surface area contributed by atoms with Gasteiger partial charge < -0.3 is 5.11 Å². The second-order valence-corrected chi connectivity index (χ2v) is 5.66. The quantitative estimate of drug-likeness (QED) is 0.858. The van der Waals surface area contributed by atoms with Crippen LogP contribution < -0.4 is 0 Å². The zero-order valence-corrected chi connectivity index (χ0v) is 12.5. The van der Waals surface area contributed by atoms with Crippen molar-refractivity contribution < 1.29 is 5.11 Å². The average molecular weight is 303 g/mol. The molecule has 0 bridgehead atoms. The summed E-state index contributed by atoms with van der Waals surface area (Å²) in [5, 5.41) is 9.54. The van der Waals surface area contributed by atoms with Crippen LogP contribution in [0.15, 0.2) is 48.5 Å². The minimum Gasteiger partial charge on any atom is -0.384 e. The average Bonchev–Trinajstić information content (AvgIpc) is 2.48. The molecule has 2 rings (SSSR count). The second kappa shape index (κ2) is 8.01. The first kappa shape index (κ1) is 15.0. The standard InChI is InChI=1S/C17H15ClOS/c18-17-9-7-14(8-10-17)12-20-13-16-5-2-1-4-15(16)6-3-11-19/h1-2,4-5,7-10,19H,11-13H2. The van der Waals surface area contributed by atoms with Crippen LogP contribution in [0.25, 0.3) is 0 Å². The third-order valence-corrected chi connectivity index (χ3v) is 4.06. The Morgan fingerprint density at radius 3 is 2.50 bits per heavy atom. The minimum absolute atomic E-state index is 0.105. The van der Waals surface area contributed by atoms with E-state index >= 15 is 0 Å². The van der Waals surface area contributed by atoms with Crippen molar-refractivity contribution in [2.24, 2.45) is 0 Å². The van der Waals surface area contributed by atoms with Crippen molar-refractivity contribution in [3.05, 3.63) is 70.2 Å². The zero-order valence-electron chi connectivity index (χ0n) is 11.0. The first-order chi connectivity index (χ1) is 9.79. The molecule has 2 aromatic rings. The van der Waals surface area contributed by atoms with E-state index in [1.54, 1.807) is 0 Å². The van der Waals surface area contributed by atoms with Gasteiger partial charge in [-0.3, -0.25) is 0 Å². The summed E-state index contributed by atoms with van der Waals surface area (Å²) in [7, 11) is 0. The van der Waals surface area contributed by atoms with E-state index in [1.807, 2.05) is 54.2 Å². The van der Waals surface area contributed by atoms with Gasteiger partial charge in [0.15, 0.2) is 0 Å². The Morgan fingerprint density at radius 2 is 1.75 bits per heavy atom. The van der Waals surface area contributed by atoms with Crippen LogP contribution in [-0.2, 0) is 11.5 Å². The summed E-state index contributed by atoms with van der Waals surface area (Å²) in [6.45, 7) is -0.105. The fraction of sp³-hybridized carbons (Fsp3) is 0.176. The number of aliphatic hydroxyl groups is 1. The number of hydrogen-bond acceptors (Lipinski definition) is 2. The number of hydrogen-bond donors (Lipinski definition) is 1. The molecule has 20 heavy (non-hydrogen) atoms. The molecular formula is C17H15ClOS. The van der Waals surface area contributed by atoms with E-state index in [0.29, 0.717) is 0 Å². The maximum atomic E-state index is 8.78. The molecule has 0 aliphatic heterocycles. The number of benzene rings is 2. The largest absolute Gasteiger partial charge is 0.384 e. The lowest BCUT2D eigenvalue weighted by Crippen LogP contribution is -1.88. The predicted molar refractivity (Wildman–Crippen MR) is 86.9 cm³/mol. The molecule has 0 unspecified atom stereocenters. The zero-order chi connectivity index (χ0) is 14.2. The SMILES string of the molecule is OCC#Cc1ccccc1CSCc1ccc(Cl)cc1. The molecule has 0 fully saturated rings. The van der Waals surface area contributed by atoms with Gasteiger partial charge in [0.2, 0.25) is 0 Å². The van der Waals surface area contributed by atoms with E-state index in [2.05, 4.69) is 17.9 Å². The first-order valence-electron chi connectivity index (χ1n) is 6.29. The number of halogens is 1. The van der Waals surface area contributed by atoms with Gasteiger partial charge in [0.25, 0.3) is 0 Å². The number of aliphatic hydroxyl groups excluding tert-OH is 1. The smallest absolute Gasteiger partial charge is 0.104 e. The van der Waals surface area contributed by atoms with E-state index < -0.39 is 0 Å². The Bertz CT molecular complexity index is 611.